The molecule has 1 aliphatic rings. The lowest BCUT2D eigenvalue weighted by atomic mass is 9.94. The summed E-state index contributed by atoms with van der Waals surface area (Å²) in [5.41, 5.74) is 5.50. The molecule has 1 aliphatic heterocycles. The summed E-state index contributed by atoms with van der Waals surface area (Å²) in [4.78, 5) is 4.97. The van der Waals surface area contributed by atoms with Crippen molar-refractivity contribution in [1.29, 1.82) is 0 Å². The number of hydrogen-bond acceptors (Lipinski definition) is 4. The number of nitrogens with zero attached hydrogens (tertiary/aromatic N) is 5. The lowest BCUT2D eigenvalue weighted by Gasteiger charge is -2.24. The Labute approximate surface area is 167 Å². The molecule has 6 nitrogen and oxygen atoms in total. The Kier molecular flexibility index (Phi) is 4.77. The van der Waals surface area contributed by atoms with Gasteiger partial charge in [-0.05, 0) is 54.3 Å². The fourth-order valence-electron chi connectivity index (χ4n) is 3.89. The summed E-state index contributed by atoms with van der Waals surface area (Å²) in [5, 5.41) is 10.4. The lowest BCUT2D eigenvalue weighted by Crippen LogP contribution is -2.18. The quantitative estimate of drug-likeness (QED) is 0.547. The number of aryl methyl sites for hydroxylation is 1. The molecule has 0 aliphatic carbocycles. The van der Waals surface area contributed by atoms with E-state index in [0.29, 0.717) is 11.8 Å². The second-order valence-electron chi connectivity index (χ2n) is 7.35. The molecule has 0 N–H and O–H groups in total. The van der Waals surface area contributed by atoms with Crippen LogP contribution in [0.3, 0.4) is 0 Å². The first-order chi connectivity index (χ1) is 12.5. The number of fused-ring (bicyclic) bond motifs is 1. The third-order valence-electron chi connectivity index (χ3n) is 5.15. The molecular weight excluding hydrogens is 441 g/mol. The monoisotopic (exact) mass is 465 g/mol. The Morgan fingerprint density at radius 1 is 1.23 bits per heavy atom. The van der Waals surface area contributed by atoms with E-state index in [1.54, 1.807) is 0 Å². The molecule has 3 aromatic heterocycles. The third-order valence-corrected chi connectivity index (χ3v) is 5.95. The molecule has 4 heterocycles. The minimum Gasteiger partial charge on any atom is -0.381 e. The van der Waals surface area contributed by atoms with Crippen molar-refractivity contribution in [1.82, 2.24) is 24.5 Å². The van der Waals surface area contributed by atoms with Gasteiger partial charge in [0, 0.05) is 49.0 Å². The highest BCUT2D eigenvalue weighted by Crippen LogP contribution is 2.34. The minimum atomic E-state index is 0.383. The van der Waals surface area contributed by atoms with E-state index in [-0.39, 0.29) is 0 Å². The second kappa shape index (κ2) is 6.92. The molecule has 1 fully saturated rings. The van der Waals surface area contributed by atoms with E-state index in [1.165, 1.54) is 11.3 Å². The van der Waals surface area contributed by atoms with Crippen LogP contribution in [0.2, 0.25) is 0 Å². The van der Waals surface area contributed by atoms with E-state index in [1.807, 2.05) is 17.9 Å². The van der Waals surface area contributed by atoms with Crippen LogP contribution in [0.25, 0.3) is 16.7 Å². The molecule has 0 atom stereocenters. The van der Waals surface area contributed by atoms with Gasteiger partial charge in [0.2, 0.25) is 0 Å². The van der Waals surface area contributed by atoms with Crippen molar-refractivity contribution >= 4 is 33.6 Å². The summed E-state index contributed by atoms with van der Waals surface area (Å²) in [7, 11) is 1.94. The molecule has 0 bridgehead atoms. The van der Waals surface area contributed by atoms with Crippen LogP contribution in [0.4, 0.5) is 0 Å². The molecule has 138 valence electrons. The molecule has 7 heteroatoms. The fourth-order valence-corrected chi connectivity index (χ4v) is 5.12. The smallest absolute Gasteiger partial charge is 0.181 e. The average Bonchev–Trinajstić information content (AvgIpc) is 3.12. The SMILES string of the molecule is Cc1c(C(C)C)c(I)nn1-c1cc2cn(C)nc2nc1C1CCOCC1. The standard InChI is InChI=1S/C19H24IN5O/c1-11(2)16-12(3)25(22-18(16)20)15-9-14-10-24(4)23-19(14)21-17(15)13-5-7-26-8-6-13/h9-11,13H,5-8H2,1-4H3. The average molecular weight is 465 g/mol. The molecule has 0 amide bonds. The van der Waals surface area contributed by atoms with Crippen molar-refractivity contribution in [3.8, 4) is 5.69 Å². The van der Waals surface area contributed by atoms with Gasteiger partial charge < -0.3 is 4.74 Å². The molecule has 26 heavy (non-hydrogen) atoms. The lowest BCUT2D eigenvalue weighted by molar-refractivity contribution is 0.0845. The third kappa shape index (κ3) is 3.05. The van der Waals surface area contributed by atoms with Gasteiger partial charge in [0.25, 0.3) is 0 Å². The van der Waals surface area contributed by atoms with Crippen molar-refractivity contribution in [3.63, 3.8) is 0 Å². The van der Waals surface area contributed by atoms with Gasteiger partial charge >= 0.3 is 0 Å². The number of hydrogen-bond donors (Lipinski definition) is 0. The highest BCUT2D eigenvalue weighted by atomic mass is 127. The van der Waals surface area contributed by atoms with Gasteiger partial charge in [-0.2, -0.15) is 10.2 Å². The maximum Gasteiger partial charge on any atom is 0.181 e. The predicted octanol–water partition coefficient (Wildman–Crippen LogP) is 4.08. The van der Waals surface area contributed by atoms with Gasteiger partial charge in [0.1, 0.15) is 3.70 Å². The molecule has 3 aromatic rings. The van der Waals surface area contributed by atoms with Crippen molar-refractivity contribution in [2.75, 3.05) is 13.2 Å². The van der Waals surface area contributed by atoms with Crippen LogP contribution >= 0.6 is 22.6 Å². The van der Waals surface area contributed by atoms with Crippen LogP contribution in [-0.2, 0) is 11.8 Å². The topological polar surface area (TPSA) is 57.8 Å². The summed E-state index contributed by atoms with van der Waals surface area (Å²) in [5.74, 6) is 0.825. The summed E-state index contributed by atoms with van der Waals surface area (Å²) in [6.45, 7) is 8.18. The Hall–Kier alpha value is -1.48. The van der Waals surface area contributed by atoms with Gasteiger partial charge in [-0.15, -0.1) is 0 Å². The Morgan fingerprint density at radius 2 is 1.96 bits per heavy atom. The second-order valence-corrected chi connectivity index (χ2v) is 8.37. The van der Waals surface area contributed by atoms with E-state index >= 15 is 0 Å². The molecule has 0 aromatic carbocycles. The van der Waals surface area contributed by atoms with E-state index in [4.69, 9.17) is 14.8 Å². The summed E-state index contributed by atoms with van der Waals surface area (Å²) in [6.07, 6.45) is 4.01. The van der Waals surface area contributed by atoms with Gasteiger partial charge in [0.15, 0.2) is 5.65 Å². The predicted molar refractivity (Wildman–Crippen MR) is 110 cm³/mol. The maximum absolute atomic E-state index is 5.57. The zero-order valence-corrected chi connectivity index (χ0v) is 17.8. The van der Waals surface area contributed by atoms with Crippen LogP contribution in [0.5, 0.6) is 0 Å². The number of halogens is 1. The largest absolute Gasteiger partial charge is 0.381 e. The molecule has 4 rings (SSSR count). The van der Waals surface area contributed by atoms with Gasteiger partial charge in [-0.25, -0.2) is 9.67 Å². The van der Waals surface area contributed by atoms with E-state index in [0.717, 1.165) is 52.2 Å². The van der Waals surface area contributed by atoms with Crippen LogP contribution in [0, 0.1) is 10.6 Å². The van der Waals surface area contributed by atoms with E-state index < -0.39 is 0 Å². The molecule has 0 spiro atoms. The van der Waals surface area contributed by atoms with Gasteiger partial charge in [-0.3, -0.25) is 4.68 Å². The molecule has 1 saturated heterocycles. The Morgan fingerprint density at radius 3 is 2.62 bits per heavy atom. The van der Waals surface area contributed by atoms with Crippen molar-refractivity contribution in [2.24, 2.45) is 7.05 Å². The van der Waals surface area contributed by atoms with Crippen LogP contribution in [-0.4, -0.2) is 37.8 Å². The summed E-state index contributed by atoms with van der Waals surface area (Å²) in [6, 6.07) is 2.19. The van der Waals surface area contributed by atoms with Gasteiger partial charge in [0.05, 0.1) is 11.4 Å². The summed E-state index contributed by atoms with van der Waals surface area (Å²) >= 11 is 2.35. The molecule has 0 saturated carbocycles. The maximum atomic E-state index is 5.57. The highest BCUT2D eigenvalue weighted by molar-refractivity contribution is 14.1. The van der Waals surface area contributed by atoms with Crippen molar-refractivity contribution < 1.29 is 4.74 Å². The Bertz CT molecular complexity index is 953. The molecular formula is C19H24IN5O. The van der Waals surface area contributed by atoms with Crippen molar-refractivity contribution in [3.05, 3.63) is 32.9 Å². The first-order valence-corrected chi connectivity index (χ1v) is 10.2. The highest BCUT2D eigenvalue weighted by Gasteiger charge is 2.25. The minimum absolute atomic E-state index is 0.383. The van der Waals surface area contributed by atoms with Crippen LogP contribution in [0.1, 0.15) is 55.5 Å². The van der Waals surface area contributed by atoms with E-state index in [2.05, 4.69) is 59.2 Å². The zero-order chi connectivity index (χ0) is 18.4. The zero-order valence-electron chi connectivity index (χ0n) is 15.7. The first kappa shape index (κ1) is 17.9. The van der Waals surface area contributed by atoms with Crippen molar-refractivity contribution in [2.45, 2.75) is 45.4 Å². The number of ether oxygens (including phenoxy) is 1. The fraction of sp³-hybridized carbons (Fsp3) is 0.526. The van der Waals surface area contributed by atoms with Crippen LogP contribution < -0.4 is 0 Å². The molecule has 0 radical (unpaired) electrons. The number of pyridine rings is 1. The normalized spacial score (nSPS) is 16.1. The number of aromatic nitrogens is 5. The number of rotatable bonds is 3. The Balaban J connectivity index is 1.94. The molecule has 0 unspecified atom stereocenters. The summed E-state index contributed by atoms with van der Waals surface area (Å²) < 4.78 is 10.5. The van der Waals surface area contributed by atoms with Gasteiger partial charge in [-0.1, -0.05) is 13.8 Å². The first-order valence-electron chi connectivity index (χ1n) is 9.13. The van der Waals surface area contributed by atoms with Crippen LogP contribution in [0.15, 0.2) is 12.3 Å². The van der Waals surface area contributed by atoms with E-state index in [9.17, 15) is 0 Å².